The van der Waals surface area contributed by atoms with E-state index in [2.05, 4.69) is 4.90 Å². The maximum Gasteiger partial charge on any atom is 0.416 e. The average Bonchev–Trinajstić information content (AvgIpc) is 3.19. The normalized spacial score (nSPS) is 22.6. The molecule has 0 N–H and O–H groups in total. The van der Waals surface area contributed by atoms with Crippen LogP contribution in [0.25, 0.3) is 0 Å². The van der Waals surface area contributed by atoms with Gasteiger partial charge in [0.05, 0.1) is 28.7 Å². The molecule has 12 heteroatoms. The fraction of sp³-hybridized carbons (Fsp3) is 0.455. The number of fused-ring (bicyclic) bond motifs is 1. The molecule has 0 aromatic heterocycles. The van der Waals surface area contributed by atoms with Gasteiger partial charge < -0.3 is 4.74 Å². The number of halogens is 6. The predicted molar refractivity (Wildman–Crippen MR) is 110 cm³/mol. The molecule has 5 nitrogen and oxygen atoms in total. The summed E-state index contributed by atoms with van der Waals surface area (Å²) < 4.78 is 110. The van der Waals surface area contributed by atoms with Crippen molar-refractivity contribution in [1.29, 1.82) is 0 Å². The summed E-state index contributed by atoms with van der Waals surface area (Å²) in [4.78, 5) is 1.67. The summed E-state index contributed by atoms with van der Waals surface area (Å²) >= 11 is 0. The minimum atomic E-state index is -4.65. The molecule has 2 aliphatic heterocycles. The smallest absolute Gasteiger partial charge is 0.372 e. The molecular formula is C22H22F6N2O3S. The van der Waals surface area contributed by atoms with E-state index in [1.807, 2.05) is 0 Å². The summed E-state index contributed by atoms with van der Waals surface area (Å²) in [6.45, 7) is 1.33. The van der Waals surface area contributed by atoms with Crippen LogP contribution in [0.5, 0.6) is 0 Å². The van der Waals surface area contributed by atoms with Gasteiger partial charge in [0.25, 0.3) is 0 Å². The van der Waals surface area contributed by atoms with Crippen molar-refractivity contribution in [2.24, 2.45) is 0 Å². The minimum absolute atomic E-state index is 0.121. The lowest BCUT2D eigenvalue weighted by molar-refractivity contribution is -0.138. The molecule has 186 valence electrons. The number of benzene rings is 2. The van der Waals surface area contributed by atoms with Crippen LogP contribution in [0, 0.1) is 0 Å². The maximum atomic E-state index is 13.0. The molecule has 2 aliphatic rings. The summed E-state index contributed by atoms with van der Waals surface area (Å²) in [6, 6.07) is 8.24. The first-order chi connectivity index (χ1) is 15.8. The monoisotopic (exact) mass is 508 g/mol. The molecule has 4 rings (SSSR count). The van der Waals surface area contributed by atoms with E-state index in [-0.39, 0.29) is 31.8 Å². The Kier molecular flexibility index (Phi) is 6.71. The van der Waals surface area contributed by atoms with Gasteiger partial charge in [-0.3, -0.25) is 4.90 Å². The molecular weight excluding hydrogens is 486 g/mol. The van der Waals surface area contributed by atoms with Crippen LogP contribution in [0.4, 0.5) is 26.3 Å². The second-order valence-electron chi connectivity index (χ2n) is 8.40. The first kappa shape index (κ1) is 25.0. The second-order valence-corrected chi connectivity index (χ2v) is 10.3. The number of piperazine rings is 1. The molecule has 0 bridgehead atoms. The molecule has 0 radical (unpaired) electrons. The molecule has 2 aromatic rings. The van der Waals surface area contributed by atoms with Crippen molar-refractivity contribution in [1.82, 2.24) is 9.21 Å². The number of sulfonamides is 1. The van der Waals surface area contributed by atoms with Gasteiger partial charge >= 0.3 is 12.4 Å². The molecule has 0 unspecified atom stereocenters. The lowest BCUT2D eigenvalue weighted by Crippen LogP contribution is -2.51. The maximum absolute atomic E-state index is 13.0. The van der Waals surface area contributed by atoms with Crippen molar-refractivity contribution in [3.8, 4) is 0 Å². The highest BCUT2D eigenvalue weighted by Gasteiger charge is 2.41. The van der Waals surface area contributed by atoms with Gasteiger partial charge in [-0.2, -0.15) is 30.6 Å². The van der Waals surface area contributed by atoms with Gasteiger partial charge in [-0.05, 0) is 42.3 Å². The number of hydrogen-bond acceptors (Lipinski definition) is 4. The van der Waals surface area contributed by atoms with Crippen LogP contribution in [-0.4, -0.2) is 55.9 Å². The van der Waals surface area contributed by atoms with Crippen molar-refractivity contribution in [2.75, 3.05) is 26.2 Å². The Hall–Kier alpha value is -2.15. The molecule has 34 heavy (non-hydrogen) atoms. The Balaban J connectivity index is 1.36. The Morgan fingerprint density at radius 1 is 0.882 bits per heavy atom. The van der Waals surface area contributed by atoms with Crippen LogP contribution >= 0.6 is 0 Å². The van der Waals surface area contributed by atoms with Crippen molar-refractivity contribution in [3.05, 3.63) is 65.2 Å². The van der Waals surface area contributed by atoms with E-state index in [1.54, 1.807) is 0 Å². The first-order valence-electron chi connectivity index (χ1n) is 10.5. The highest BCUT2D eigenvalue weighted by Crippen LogP contribution is 2.33. The molecule has 2 saturated heterocycles. The molecule has 0 spiro atoms. The van der Waals surface area contributed by atoms with Crippen LogP contribution in [0.1, 0.15) is 23.1 Å². The van der Waals surface area contributed by atoms with Crippen LogP contribution in [0.15, 0.2) is 53.4 Å². The summed E-state index contributed by atoms with van der Waals surface area (Å²) in [5.74, 6) is 0. The van der Waals surface area contributed by atoms with Gasteiger partial charge in [0.15, 0.2) is 0 Å². The largest absolute Gasteiger partial charge is 0.416 e. The van der Waals surface area contributed by atoms with Gasteiger partial charge in [0, 0.05) is 32.2 Å². The summed E-state index contributed by atoms with van der Waals surface area (Å²) in [6.07, 6.45) is -8.78. The third-order valence-electron chi connectivity index (χ3n) is 6.11. The van der Waals surface area contributed by atoms with E-state index in [9.17, 15) is 34.8 Å². The summed E-state index contributed by atoms with van der Waals surface area (Å²) in [7, 11) is -4.10. The van der Waals surface area contributed by atoms with Gasteiger partial charge in [-0.15, -0.1) is 0 Å². The van der Waals surface area contributed by atoms with Crippen LogP contribution in [0.3, 0.4) is 0 Å². The first-order valence-corrected chi connectivity index (χ1v) is 12.0. The highest BCUT2D eigenvalue weighted by molar-refractivity contribution is 7.89. The Morgan fingerprint density at radius 2 is 1.56 bits per heavy atom. The number of hydrogen-bond donors (Lipinski definition) is 0. The fourth-order valence-corrected chi connectivity index (χ4v) is 5.81. The molecule has 2 atom stereocenters. The Bertz CT molecular complexity index is 1120. The Morgan fingerprint density at radius 3 is 2.21 bits per heavy atom. The standard InChI is InChI=1S/C22H22F6N2O3S/c23-21(24,25)16-6-4-15(5-7-16)14-33-19-11-18-12-30(9-8-29(18)13-19)34(31,32)20-3-1-2-17(10-20)22(26,27)28/h1-7,10,18-19H,8-9,11-14H2/t18-,19-/m0/s1. The highest BCUT2D eigenvalue weighted by atomic mass is 32.2. The van der Waals surface area contributed by atoms with E-state index in [1.165, 1.54) is 16.4 Å². The lowest BCUT2D eigenvalue weighted by atomic mass is 10.1. The van der Waals surface area contributed by atoms with E-state index >= 15 is 0 Å². The lowest BCUT2D eigenvalue weighted by Gasteiger charge is -2.36. The quantitative estimate of drug-likeness (QED) is 0.563. The van der Waals surface area contributed by atoms with E-state index in [0.29, 0.717) is 31.1 Å². The topological polar surface area (TPSA) is 49.9 Å². The summed E-state index contributed by atoms with van der Waals surface area (Å²) in [5.41, 5.74) is -1.17. The van der Waals surface area contributed by atoms with E-state index in [4.69, 9.17) is 4.74 Å². The zero-order chi connectivity index (χ0) is 24.7. The van der Waals surface area contributed by atoms with Crippen LogP contribution in [-0.2, 0) is 33.7 Å². The van der Waals surface area contributed by atoms with Crippen LogP contribution < -0.4 is 0 Å². The Labute approximate surface area is 193 Å². The minimum Gasteiger partial charge on any atom is -0.372 e. The zero-order valence-electron chi connectivity index (χ0n) is 17.8. The van der Waals surface area contributed by atoms with E-state index in [0.717, 1.165) is 30.3 Å². The molecule has 0 amide bonds. The van der Waals surface area contributed by atoms with Gasteiger partial charge in [0.1, 0.15) is 0 Å². The number of nitrogens with zero attached hydrogens (tertiary/aromatic N) is 2. The predicted octanol–water partition coefficient (Wildman–Crippen LogP) is 4.39. The van der Waals surface area contributed by atoms with Crippen molar-refractivity contribution in [2.45, 2.75) is 42.4 Å². The third kappa shape index (κ3) is 5.40. The molecule has 2 aromatic carbocycles. The van der Waals surface area contributed by atoms with Crippen molar-refractivity contribution < 1.29 is 39.5 Å². The SMILES string of the molecule is O=S(=O)(c1cccc(C(F)(F)F)c1)N1CCN2C[C@@H](OCc3ccc(C(F)(F)F)cc3)C[C@H]2C1. The number of rotatable bonds is 5. The van der Waals surface area contributed by atoms with Crippen molar-refractivity contribution in [3.63, 3.8) is 0 Å². The molecule has 0 aliphatic carbocycles. The molecule has 2 heterocycles. The van der Waals surface area contributed by atoms with Gasteiger partial charge in [0.2, 0.25) is 10.0 Å². The summed E-state index contributed by atoms with van der Waals surface area (Å²) in [5, 5.41) is 0. The van der Waals surface area contributed by atoms with Gasteiger partial charge in [-0.25, -0.2) is 8.42 Å². The third-order valence-corrected chi connectivity index (χ3v) is 7.97. The second kappa shape index (κ2) is 9.14. The average molecular weight is 508 g/mol. The van der Waals surface area contributed by atoms with Gasteiger partial charge in [-0.1, -0.05) is 18.2 Å². The fourth-order valence-electron chi connectivity index (χ4n) is 4.29. The van der Waals surface area contributed by atoms with Crippen LogP contribution in [0.2, 0.25) is 0 Å². The molecule has 2 fully saturated rings. The van der Waals surface area contributed by atoms with Crippen molar-refractivity contribution >= 4 is 10.0 Å². The number of alkyl halides is 6. The number of ether oxygens (including phenoxy) is 1. The zero-order valence-corrected chi connectivity index (χ0v) is 18.6. The van der Waals surface area contributed by atoms with E-state index < -0.39 is 38.4 Å². The molecule has 0 saturated carbocycles.